The fourth-order valence-corrected chi connectivity index (χ4v) is 4.20. The molecule has 7 heteroatoms. The van der Waals surface area contributed by atoms with Gasteiger partial charge in [0.25, 0.3) is 0 Å². The van der Waals surface area contributed by atoms with E-state index in [2.05, 4.69) is 23.8 Å². The number of nitriles is 2. The summed E-state index contributed by atoms with van der Waals surface area (Å²) in [5.41, 5.74) is 7.67. The van der Waals surface area contributed by atoms with Crippen molar-refractivity contribution in [1.82, 2.24) is 9.13 Å². The van der Waals surface area contributed by atoms with Crippen LogP contribution in [0.3, 0.4) is 0 Å². The van der Waals surface area contributed by atoms with Gasteiger partial charge >= 0.3 is 0 Å². The number of nitrogens with one attached hydrogen (secondary N) is 1. The molecule has 1 N–H and O–H groups in total. The first-order valence-corrected chi connectivity index (χ1v) is 10.8. The first kappa shape index (κ1) is 22.8. The van der Waals surface area contributed by atoms with Crippen molar-refractivity contribution in [2.24, 2.45) is 12.0 Å². The third-order valence-corrected chi connectivity index (χ3v) is 6.35. The van der Waals surface area contributed by atoms with Crippen LogP contribution >= 0.6 is 11.6 Å². The Kier molecular flexibility index (Phi) is 5.94. The SMILES string of the molecule is C=Nc1ccc(-c2ccc(Cl)c(C#N)c2)cc1-c1c(C)n(C)c(=N)n1-c1cc(C#N)ccc1C. The Balaban J connectivity index is 2.05. The maximum atomic E-state index is 9.46. The molecule has 4 rings (SSSR count). The second-order valence-corrected chi connectivity index (χ2v) is 8.37. The van der Waals surface area contributed by atoms with Gasteiger partial charge in [0.2, 0.25) is 5.62 Å². The number of hydrogen-bond acceptors (Lipinski definition) is 4. The summed E-state index contributed by atoms with van der Waals surface area (Å²) in [5.74, 6) is 0. The number of hydrogen-bond donors (Lipinski definition) is 1. The molecule has 0 unspecified atom stereocenters. The van der Waals surface area contributed by atoms with Gasteiger partial charge in [-0.3, -0.25) is 15.0 Å². The fourth-order valence-electron chi connectivity index (χ4n) is 4.04. The van der Waals surface area contributed by atoms with Gasteiger partial charge in [-0.2, -0.15) is 10.5 Å². The van der Waals surface area contributed by atoms with Crippen LogP contribution in [0.2, 0.25) is 5.02 Å². The Labute approximate surface area is 202 Å². The van der Waals surface area contributed by atoms with Gasteiger partial charge in [0, 0.05) is 18.3 Å². The number of aliphatic imine (C=N–C) groups is 1. The van der Waals surface area contributed by atoms with Gasteiger partial charge in [0.05, 0.1) is 39.3 Å². The van der Waals surface area contributed by atoms with Gasteiger partial charge < -0.3 is 4.57 Å². The summed E-state index contributed by atoms with van der Waals surface area (Å²) in [4.78, 5) is 4.24. The van der Waals surface area contributed by atoms with Crippen molar-refractivity contribution in [3.63, 3.8) is 0 Å². The molecule has 4 aromatic rings. The molecule has 0 saturated carbocycles. The van der Waals surface area contributed by atoms with Crippen molar-refractivity contribution in [3.8, 4) is 40.2 Å². The highest BCUT2D eigenvalue weighted by Gasteiger charge is 2.21. The summed E-state index contributed by atoms with van der Waals surface area (Å²) in [6, 6.07) is 20.9. The standard InChI is InChI=1S/C27H21ClN6/c1-16-5-6-18(14-29)11-25(16)34-26(17(2)33(4)27(34)31)22-13-20(8-10-24(22)32-3)19-7-9-23(28)21(12-19)15-30/h5-13,31H,3H2,1-2,4H3. The number of halogens is 1. The predicted octanol–water partition coefficient (Wildman–Crippen LogP) is 5.97. The molecule has 0 fully saturated rings. The topological polar surface area (TPSA) is 93.7 Å². The van der Waals surface area contributed by atoms with Crippen molar-refractivity contribution in [1.29, 1.82) is 15.9 Å². The molecular formula is C27H21ClN6. The summed E-state index contributed by atoms with van der Waals surface area (Å²) >= 11 is 6.13. The van der Waals surface area contributed by atoms with E-state index in [4.69, 9.17) is 17.0 Å². The van der Waals surface area contributed by atoms with E-state index in [-0.39, 0.29) is 5.62 Å². The summed E-state index contributed by atoms with van der Waals surface area (Å²) in [6.07, 6.45) is 0. The van der Waals surface area contributed by atoms with Crippen LogP contribution in [0.25, 0.3) is 28.1 Å². The van der Waals surface area contributed by atoms with Crippen LogP contribution < -0.4 is 5.62 Å². The van der Waals surface area contributed by atoms with Crippen LogP contribution in [-0.4, -0.2) is 15.9 Å². The van der Waals surface area contributed by atoms with Crippen LogP contribution in [0.1, 0.15) is 22.4 Å². The lowest BCUT2D eigenvalue weighted by atomic mass is 9.98. The third kappa shape index (κ3) is 3.71. The normalized spacial score (nSPS) is 10.5. The monoisotopic (exact) mass is 464 g/mol. The molecule has 0 saturated heterocycles. The van der Waals surface area contributed by atoms with Crippen molar-refractivity contribution in [2.45, 2.75) is 13.8 Å². The van der Waals surface area contributed by atoms with Crippen LogP contribution in [0.4, 0.5) is 5.69 Å². The average Bonchev–Trinajstić information content (AvgIpc) is 3.08. The Hall–Kier alpha value is -4.39. The van der Waals surface area contributed by atoms with Crippen LogP contribution in [-0.2, 0) is 7.05 Å². The first-order chi connectivity index (χ1) is 16.3. The molecule has 6 nitrogen and oxygen atoms in total. The zero-order valence-electron chi connectivity index (χ0n) is 19.0. The van der Waals surface area contributed by atoms with E-state index in [1.54, 1.807) is 28.8 Å². The van der Waals surface area contributed by atoms with Gasteiger partial charge in [-0.1, -0.05) is 29.8 Å². The Morgan fingerprint density at radius 2 is 1.68 bits per heavy atom. The predicted molar refractivity (Wildman–Crippen MR) is 135 cm³/mol. The second kappa shape index (κ2) is 8.86. The highest BCUT2D eigenvalue weighted by molar-refractivity contribution is 6.31. The number of imidazole rings is 1. The van der Waals surface area contributed by atoms with Gasteiger partial charge in [-0.15, -0.1) is 0 Å². The molecule has 0 aliphatic carbocycles. The van der Waals surface area contributed by atoms with Gasteiger partial charge in [-0.05, 0) is 73.7 Å². The summed E-state index contributed by atoms with van der Waals surface area (Å²) in [7, 11) is 1.84. The molecule has 1 heterocycles. The lowest BCUT2D eigenvalue weighted by Crippen LogP contribution is -2.22. The first-order valence-electron chi connectivity index (χ1n) is 10.5. The van der Waals surface area contributed by atoms with E-state index in [1.807, 2.05) is 55.8 Å². The van der Waals surface area contributed by atoms with Crippen LogP contribution in [0.5, 0.6) is 0 Å². The quantitative estimate of drug-likeness (QED) is 0.376. The smallest absolute Gasteiger partial charge is 0.207 e. The molecule has 166 valence electrons. The molecule has 0 aliphatic heterocycles. The molecule has 0 spiro atoms. The number of aromatic nitrogens is 2. The second-order valence-electron chi connectivity index (χ2n) is 7.96. The van der Waals surface area contributed by atoms with E-state index in [0.717, 1.165) is 39.3 Å². The minimum atomic E-state index is 0.268. The Bertz CT molecular complexity index is 1610. The minimum absolute atomic E-state index is 0.268. The lowest BCUT2D eigenvalue weighted by Gasteiger charge is -2.15. The molecule has 0 radical (unpaired) electrons. The van der Waals surface area contributed by atoms with Gasteiger partial charge in [0.15, 0.2) is 0 Å². The van der Waals surface area contributed by atoms with Gasteiger partial charge in [0.1, 0.15) is 6.07 Å². The van der Waals surface area contributed by atoms with E-state index >= 15 is 0 Å². The van der Waals surface area contributed by atoms with Gasteiger partial charge in [-0.25, -0.2) is 0 Å². The molecular weight excluding hydrogens is 444 g/mol. The Morgan fingerprint density at radius 3 is 2.35 bits per heavy atom. The van der Waals surface area contributed by atoms with E-state index in [0.29, 0.717) is 21.8 Å². The lowest BCUT2D eigenvalue weighted by molar-refractivity contribution is 0.753. The number of benzene rings is 3. The minimum Gasteiger partial charge on any atom is -0.317 e. The van der Waals surface area contributed by atoms with Crippen LogP contribution in [0, 0.1) is 41.9 Å². The van der Waals surface area contributed by atoms with Crippen LogP contribution in [0.15, 0.2) is 59.6 Å². The molecule has 0 atom stereocenters. The van der Waals surface area contributed by atoms with Crippen molar-refractivity contribution in [2.75, 3.05) is 0 Å². The molecule has 1 aromatic heterocycles. The highest BCUT2D eigenvalue weighted by Crippen LogP contribution is 2.37. The largest absolute Gasteiger partial charge is 0.317 e. The molecule has 0 amide bonds. The maximum Gasteiger partial charge on any atom is 0.207 e. The molecule has 0 aliphatic rings. The summed E-state index contributed by atoms with van der Waals surface area (Å²) in [5, 5.41) is 28.1. The number of rotatable bonds is 4. The number of aryl methyl sites for hydroxylation is 1. The molecule has 34 heavy (non-hydrogen) atoms. The van der Waals surface area contributed by atoms with Crippen molar-refractivity contribution < 1.29 is 0 Å². The van der Waals surface area contributed by atoms with E-state index < -0.39 is 0 Å². The van der Waals surface area contributed by atoms with E-state index in [1.165, 1.54) is 0 Å². The average molecular weight is 465 g/mol. The Morgan fingerprint density at radius 1 is 0.971 bits per heavy atom. The fraction of sp³-hybridized carbons (Fsp3) is 0.111. The van der Waals surface area contributed by atoms with Crippen molar-refractivity contribution in [3.05, 3.63) is 87.6 Å². The molecule has 0 bridgehead atoms. The zero-order chi connectivity index (χ0) is 24.6. The van der Waals surface area contributed by atoms with Crippen molar-refractivity contribution >= 4 is 24.0 Å². The zero-order valence-corrected chi connectivity index (χ0v) is 19.8. The summed E-state index contributed by atoms with van der Waals surface area (Å²) < 4.78 is 3.63. The maximum absolute atomic E-state index is 9.46. The third-order valence-electron chi connectivity index (χ3n) is 6.02. The van der Waals surface area contributed by atoms with E-state index in [9.17, 15) is 10.5 Å². The summed E-state index contributed by atoms with van der Waals surface area (Å²) in [6.45, 7) is 7.65. The molecule has 3 aromatic carbocycles. The number of nitrogens with zero attached hydrogens (tertiary/aromatic N) is 5. The highest BCUT2D eigenvalue weighted by atomic mass is 35.5.